The van der Waals surface area contributed by atoms with E-state index in [9.17, 15) is 14.4 Å². The van der Waals surface area contributed by atoms with Gasteiger partial charge in [0.05, 0.1) is 0 Å². The monoisotopic (exact) mass is 278 g/mol. The first-order valence-electron chi connectivity index (χ1n) is 6.26. The van der Waals surface area contributed by atoms with Crippen LogP contribution in [0.25, 0.3) is 0 Å². The minimum atomic E-state index is -1.10. The SMILES string of the molecule is CC(C)C(=O)Nc1ccc(C(=O)N[C@@H](C)C(=O)O)cc1. The number of nitrogens with one attached hydrogen (secondary N) is 2. The van der Waals surface area contributed by atoms with Crippen LogP contribution in [0.3, 0.4) is 0 Å². The fourth-order valence-corrected chi connectivity index (χ4v) is 1.33. The van der Waals surface area contributed by atoms with Gasteiger partial charge in [-0.15, -0.1) is 0 Å². The number of carboxylic acid groups (broad SMARTS) is 1. The number of aliphatic carboxylic acids is 1. The summed E-state index contributed by atoms with van der Waals surface area (Å²) in [6.45, 7) is 4.95. The van der Waals surface area contributed by atoms with E-state index in [0.29, 0.717) is 11.3 Å². The normalized spacial score (nSPS) is 11.8. The standard InChI is InChI=1S/C14H18N2O4/c1-8(2)12(17)16-11-6-4-10(5-7-11)13(18)15-9(3)14(19)20/h4-9H,1-3H3,(H,15,18)(H,16,17)(H,19,20)/t9-/m0/s1. The van der Waals surface area contributed by atoms with Gasteiger partial charge in [-0.2, -0.15) is 0 Å². The van der Waals surface area contributed by atoms with E-state index < -0.39 is 17.9 Å². The molecule has 0 saturated heterocycles. The Labute approximate surface area is 117 Å². The Morgan fingerprint density at radius 2 is 1.60 bits per heavy atom. The molecule has 0 spiro atoms. The lowest BCUT2D eigenvalue weighted by atomic mass is 10.1. The Morgan fingerprint density at radius 3 is 2.05 bits per heavy atom. The number of anilines is 1. The van der Waals surface area contributed by atoms with Gasteiger partial charge in [0.15, 0.2) is 0 Å². The molecule has 0 aliphatic rings. The molecule has 0 radical (unpaired) electrons. The molecule has 0 unspecified atom stereocenters. The summed E-state index contributed by atoms with van der Waals surface area (Å²) in [5.74, 6) is -1.81. The summed E-state index contributed by atoms with van der Waals surface area (Å²) in [7, 11) is 0. The summed E-state index contributed by atoms with van der Waals surface area (Å²) in [6, 6.07) is 5.30. The number of carbonyl (C=O) groups is 3. The number of amides is 2. The fourth-order valence-electron chi connectivity index (χ4n) is 1.33. The number of rotatable bonds is 5. The van der Waals surface area contributed by atoms with Gasteiger partial charge in [-0.3, -0.25) is 14.4 Å². The molecule has 6 nitrogen and oxygen atoms in total. The topological polar surface area (TPSA) is 95.5 Å². The van der Waals surface area contributed by atoms with Crippen molar-refractivity contribution in [2.45, 2.75) is 26.8 Å². The second-order valence-electron chi connectivity index (χ2n) is 4.75. The molecule has 0 fully saturated rings. The van der Waals surface area contributed by atoms with Gasteiger partial charge >= 0.3 is 5.97 Å². The third-order valence-corrected chi connectivity index (χ3v) is 2.66. The predicted octanol–water partition coefficient (Wildman–Crippen LogP) is 1.48. The van der Waals surface area contributed by atoms with Crippen LogP contribution in [-0.2, 0) is 9.59 Å². The molecule has 1 rings (SSSR count). The first-order valence-corrected chi connectivity index (χ1v) is 6.26. The quantitative estimate of drug-likeness (QED) is 0.760. The maximum absolute atomic E-state index is 11.7. The number of hydrogen-bond acceptors (Lipinski definition) is 3. The van der Waals surface area contributed by atoms with E-state index in [1.165, 1.54) is 19.1 Å². The van der Waals surface area contributed by atoms with Crippen LogP contribution in [0.1, 0.15) is 31.1 Å². The van der Waals surface area contributed by atoms with Crippen LogP contribution in [0, 0.1) is 5.92 Å². The largest absolute Gasteiger partial charge is 0.480 e. The molecule has 0 aliphatic carbocycles. The number of benzene rings is 1. The van der Waals surface area contributed by atoms with Crippen LogP contribution in [-0.4, -0.2) is 28.9 Å². The van der Waals surface area contributed by atoms with E-state index >= 15 is 0 Å². The molecular weight excluding hydrogens is 260 g/mol. The van der Waals surface area contributed by atoms with Gasteiger partial charge < -0.3 is 15.7 Å². The van der Waals surface area contributed by atoms with Crippen molar-refractivity contribution in [3.8, 4) is 0 Å². The zero-order valence-corrected chi connectivity index (χ0v) is 11.6. The lowest BCUT2D eigenvalue weighted by Crippen LogP contribution is -2.38. The van der Waals surface area contributed by atoms with Crippen molar-refractivity contribution in [1.29, 1.82) is 0 Å². The molecule has 6 heteroatoms. The zero-order valence-electron chi connectivity index (χ0n) is 11.6. The minimum Gasteiger partial charge on any atom is -0.480 e. The van der Waals surface area contributed by atoms with Crippen LogP contribution >= 0.6 is 0 Å². The molecule has 1 aromatic rings. The van der Waals surface area contributed by atoms with Gasteiger partial charge in [-0.05, 0) is 31.2 Å². The van der Waals surface area contributed by atoms with Crippen LogP contribution in [0.5, 0.6) is 0 Å². The number of carboxylic acids is 1. The lowest BCUT2D eigenvalue weighted by molar-refractivity contribution is -0.138. The first-order chi connectivity index (χ1) is 9.31. The molecule has 1 atom stereocenters. The van der Waals surface area contributed by atoms with Crippen molar-refractivity contribution >= 4 is 23.5 Å². The zero-order chi connectivity index (χ0) is 15.3. The van der Waals surface area contributed by atoms with E-state index in [1.54, 1.807) is 26.0 Å². The highest BCUT2D eigenvalue weighted by molar-refractivity contribution is 5.97. The fraction of sp³-hybridized carbons (Fsp3) is 0.357. The molecule has 0 saturated carbocycles. The molecule has 3 N–H and O–H groups in total. The molecule has 108 valence electrons. The third kappa shape index (κ3) is 4.38. The van der Waals surface area contributed by atoms with Gasteiger partial charge in [0.25, 0.3) is 5.91 Å². The summed E-state index contributed by atoms with van der Waals surface area (Å²) in [6.07, 6.45) is 0. The second kappa shape index (κ2) is 6.70. The maximum atomic E-state index is 11.7. The van der Waals surface area contributed by atoms with Crippen molar-refractivity contribution in [1.82, 2.24) is 5.32 Å². The molecule has 0 aromatic heterocycles. The van der Waals surface area contributed by atoms with Gasteiger partial charge in [0, 0.05) is 17.2 Å². The molecule has 0 heterocycles. The van der Waals surface area contributed by atoms with E-state index in [1.807, 2.05) is 0 Å². The highest BCUT2D eigenvalue weighted by atomic mass is 16.4. The summed E-state index contributed by atoms with van der Waals surface area (Å²) < 4.78 is 0. The second-order valence-corrected chi connectivity index (χ2v) is 4.75. The van der Waals surface area contributed by atoms with Gasteiger partial charge in [-0.1, -0.05) is 13.8 Å². The van der Waals surface area contributed by atoms with Gasteiger partial charge in [-0.25, -0.2) is 0 Å². The summed E-state index contributed by atoms with van der Waals surface area (Å²) in [5, 5.41) is 13.8. The van der Waals surface area contributed by atoms with E-state index in [4.69, 9.17) is 5.11 Å². The first kappa shape index (κ1) is 15.7. The van der Waals surface area contributed by atoms with Crippen molar-refractivity contribution in [2.24, 2.45) is 5.92 Å². The highest BCUT2D eigenvalue weighted by Gasteiger charge is 2.15. The molecule has 0 aliphatic heterocycles. The molecule has 0 bridgehead atoms. The van der Waals surface area contributed by atoms with Crippen LogP contribution in [0.2, 0.25) is 0 Å². The smallest absolute Gasteiger partial charge is 0.325 e. The van der Waals surface area contributed by atoms with Crippen molar-refractivity contribution in [3.05, 3.63) is 29.8 Å². The Bertz CT molecular complexity index is 508. The Kier molecular flexibility index (Phi) is 5.25. The molecule has 20 heavy (non-hydrogen) atoms. The lowest BCUT2D eigenvalue weighted by Gasteiger charge is -2.10. The summed E-state index contributed by atoms with van der Waals surface area (Å²) >= 11 is 0. The Balaban J connectivity index is 2.69. The van der Waals surface area contributed by atoms with Crippen molar-refractivity contribution in [2.75, 3.05) is 5.32 Å². The average molecular weight is 278 g/mol. The van der Waals surface area contributed by atoms with Gasteiger partial charge in [0.2, 0.25) is 5.91 Å². The van der Waals surface area contributed by atoms with Crippen LogP contribution in [0.15, 0.2) is 24.3 Å². The van der Waals surface area contributed by atoms with Crippen molar-refractivity contribution in [3.63, 3.8) is 0 Å². The molecular formula is C14H18N2O4. The Morgan fingerprint density at radius 1 is 1.05 bits per heavy atom. The minimum absolute atomic E-state index is 0.110. The molecule has 1 aromatic carbocycles. The average Bonchev–Trinajstić information content (AvgIpc) is 2.39. The highest BCUT2D eigenvalue weighted by Crippen LogP contribution is 2.11. The number of hydrogen-bond donors (Lipinski definition) is 3. The van der Waals surface area contributed by atoms with Crippen LogP contribution < -0.4 is 10.6 Å². The third-order valence-electron chi connectivity index (χ3n) is 2.66. The summed E-state index contributed by atoms with van der Waals surface area (Å²) in [4.78, 5) is 33.9. The Hall–Kier alpha value is -2.37. The van der Waals surface area contributed by atoms with E-state index in [0.717, 1.165) is 0 Å². The van der Waals surface area contributed by atoms with E-state index in [-0.39, 0.29) is 11.8 Å². The number of carbonyl (C=O) groups excluding carboxylic acids is 2. The predicted molar refractivity (Wildman–Crippen MR) is 74.5 cm³/mol. The summed E-state index contributed by atoms with van der Waals surface area (Å²) in [5.41, 5.74) is 0.923. The van der Waals surface area contributed by atoms with Crippen LogP contribution in [0.4, 0.5) is 5.69 Å². The van der Waals surface area contributed by atoms with Crippen molar-refractivity contribution < 1.29 is 19.5 Å². The molecule has 2 amide bonds. The maximum Gasteiger partial charge on any atom is 0.325 e. The van der Waals surface area contributed by atoms with E-state index in [2.05, 4.69) is 10.6 Å². The van der Waals surface area contributed by atoms with Gasteiger partial charge in [0.1, 0.15) is 6.04 Å².